The van der Waals surface area contributed by atoms with Crippen molar-refractivity contribution in [3.63, 3.8) is 0 Å². The van der Waals surface area contributed by atoms with Crippen molar-refractivity contribution in [3.05, 3.63) is 24.3 Å². The summed E-state index contributed by atoms with van der Waals surface area (Å²) < 4.78 is 0. The summed E-state index contributed by atoms with van der Waals surface area (Å²) >= 11 is 0. The standard InChI is InChI=1S/C10H17N/c1-2-3-4-5-6-7-10-8-11-9-10/h2,7,11H,1,3-6,8-9H2. The predicted molar refractivity (Wildman–Crippen MR) is 49.6 cm³/mol. The zero-order chi connectivity index (χ0) is 7.94. The van der Waals surface area contributed by atoms with Crippen LogP contribution in [0.25, 0.3) is 0 Å². The number of rotatable bonds is 5. The Morgan fingerprint density at radius 3 is 2.55 bits per heavy atom. The third-order valence-electron chi connectivity index (χ3n) is 2.00. The Kier molecular flexibility index (Phi) is 3.99. The molecule has 0 atom stereocenters. The summed E-state index contributed by atoms with van der Waals surface area (Å²) in [6, 6.07) is 0. The van der Waals surface area contributed by atoms with Gasteiger partial charge in [0.2, 0.25) is 0 Å². The highest BCUT2D eigenvalue weighted by atomic mass is 14.9. The van der Waals surface area contributed by atoms with Crippen LogP contribution in [-0.2, 0) is 0 Å². The molecule has 1 saturated heterocycles. The average molecular weight is 151 g/mol. The van der Waals surface area contributed by atoms with Crippen molar-refractivity contribution in [3.8, 4) is 0 Å². The van der Waals surface area contributed by atoms with E-state index in [1.807, 2.05) is 6.08 Å². The monoisotopic (exact) mass is 151 g/mol. The first-order chi connectivity index (χ1) is 5.43. The Hall–Kier alpha value is -0.560. The van der Waals surface area contributed by atoms with Crippen LogP contribution in [-0.4, -0.2) is 13.1 Å². The lowest BCUT2D eigenvalue weighted by Gasteiger charge is -2.18. The second kappa shape index (κ2) is 5.14. The molecule has 0 bridgehead atoms. The first-order valence-electron chi connectivity index (χ1n) is 4.43. The molecule has 1 aliphatic heterocycles. The van der Waals surface area contributed by atoms with E-state index in [0.29, 0.717) is 0 Å². The quantitative estimate of drug-likeness (QED) is 0.469. The fourth-order valence-electron chi connectivity index (χ4n) is 1.15. The first kappa shape index (κ1) is 8.54. The van der Waals surface area contributed by atoms with Crippen LogP contribution in [0.2, 0.25) is 0 Å². The molecule has 0 aliphatic carbocycles. The smallest absolute Gasteiger partial charge is 0.0180 e. The van der Waals surface area contributed by atoms with E-state index in [4.69, 9.17) is 0 Å². The van der Waals surface area contributed by atoms with Gasteiger partial charge < -0.3 is 5.32 Å². The fraction of sp³-hybridized carbons (Fsp3) is 0.600. The molecule has 0 saturated carbocycles. The van der Waals surface area contributed by atoms with Gasteiger partial charge in [-0.3, -0.25) is 0 Å². The Labute approximate surface area is 69.2 Å². The van der Waals surface area contributed by atoms with Crippen LogP contribution in [0.15, 0.2) is 24.3 Å². The Morgan fingerprint density at radius 1 is 1.27 bits per heavy atom. The van der Waals surface area contributed by atoms with E-state index in [0.717, 1.165) is 13.1 Å². The van der Waals surface area contributed by atoms with E-state index in [9.17, 15) is 0 Å². The number of nitrogens with one attached hydrogen (secondary N) is 1. The molecule has 0 aromatic carbocycles. The van der Waals surface area contributed by atoms with Crippen molar-refractivity contribution in [2.24, 2.45) is 0 Å². The molecule has 1 fully saturated rings. The topological polar surface area (TPSA) is 12.0 Å². The summed E-state index contributed by atoms with van der Waals surface area (Å²) in [5, 5.41) is 3.23. The minimum absolute atomic E-state index is 1.13. The van der Waals surface area contributed by atoms with Gasteiger partial charge in [-0.2, -0.15) is 0 Å². The second-order valence-electron chi connectivity index (χ2n) is 3.04. The molecule has 1 N–H and O–H groups in total. The van der Waals surface area contributed by atoms with Crippen LogP contribution in [0.3, 0.4) is 0 Å². The Bertz CT molecular complexity index is 141. The van der Waals surface area contributed by atoms with Crippen molar-refractivity contribution in [2.75, 3.05) is 13.1 Å². The van der Waals surface area contributed by atoms with Gasteiger partial charge in [0.05, 0.1) is 0 Å². The zero-order valence-corrected chi connectivity index (χ0v) is 7.10. The van der Waals surface area contributed by atoms with Crippen LogP contribution >= 0.6 is 0 Å². The summed E-state index contributed by atoms with van der Waals surface area (Å²) in [6.07, 6.45) is 9.40. The highest BCUT2D eigenvalue weighted by Crippen LogP contribution is 2.06. The lowest BCUT2D eigenvalue weighted by molar-refractivity contribution is 0.656. The molecule has 1 heterocycles. The number of hydrogen-bond donors (Lipinski definition) is 1. The van der Waals surface area contributed by atoms with Gasteiger partial charge in [-0.1, -0.05) is 12.2 Å². The van der Waals surface area contributed by atoms with Gasteiger partial charge in [-0.05, 0) is 31.3 Å². The van der Waals surface area contributed by atoms with E-state index in [-0.39, 0.29) is 0 Å². The Balaban J connectivity index is 1.90. The van der Waals surface area contributed by atoms with Crippen LogP contribution in [0.5, 0.6) is 0 Å². The maximum absolute atomic E-state index is 3.70. The summed E-state index contributed by atoms with van der Waals surface area (Å²) in [5.74, 6) is 0. The van der Waals surface area contributed by atoms with E-state index in [1.54, 1.807) is 5.57 Å². The lowest BCUT2D eigenvalue weighted by Crippen LogP contribution is -2.33. The van der Waals surface area contributed by atoms with Crippen molar-refractivity contribution in [1.29, 1.82) is 0 Å². The van der Waals surface area contributed by atoms with Gasteiger partial charge in [0.15, 0.2) is 0 Å². The van der Waals surface area contributed by atoms with E-state index >= 15 is 0 Å². The van der Waals surface area contributed by atoms with Gasteiger partial charge in [-0.25, -0.2) is 0 Å². The molecular formula is C10H17N. The maximum Gasteiger partial charge on any atom is 0.0180 e. The highest BCUT2D eigenvalue weighted by molar-refractivity contribution is 5.13. The van der Waals surface area contributed by atoms with E-state index < -0.39 is 0 Å². The van der Waals surface area contributed by atoms with Gasteiger partial charge in [0.1, 0.15) is 0 Å². The predicted octanol–water partition coefficient (Wildman–Crippen LogP) is 2.26. The van der Waals surface area contributed by atoms with Crippen LogP contribution < -0.4 is 5.32 Å². The minimum atomic E-state index is 1.13. The number of unbranched alkanes of at least 4 members (excludes halogenated alkanes) is 3. The summed E-state index contributed by atoms with van der Waals surface area (Å²) in [4.78, 5) is 0. The maximum atomic E-state index is 3.70. The van der Waals surface area contributed by atoms with Crippen LogP contribution in [0, 0.1) is 0 Å². The lowest BCUT2D eigenvalue weighted by atomic mass is 10.1. The molecule has 62 valence electrons. The van der Waals surface area contributed by atoms with Gasteiger partial charge >= 0.3 is 0 Å². The van der Waals surface area contributed by atoms with Gasteiger partial charge in [0.25, 0.3) is 0 Å². The summed E-state index contributed by atoms with van der Waals surface area (Å²) in [7, 11) is 0. The number of hydrogen-bond acceptors (Lipinski definition) is 1. The largest absolute Gasteiger partial charge is 0.309 e. The Morgan fingerprint density at radius 2 is 2.00 bits per heavy atom. The second-order valence-corrected chi connectivity index (χ2v) is 3.04. The molecule has 0 aromatic rings. The molecule has 1 heteroatoms. The third-order valence-corrected chi connectivity index (χ3v) is 2.00. The SMILES string of the molecule is C=CCCCCC=C1CNC1. The first-order valence-corrected chi connectivity index (χ1v) is 4.43. The molecular weight excluding hydrogens is 134 g/mol. The van der Waals surface area contributed by atoms with Crippen molar-refractivity contribution >= 4 is 0 Å². The molecule has 0 aromatic heterocycles. The van der Waals surface area contributed by atoms with E-state index in [2.05, 4.69) is 18.0 Å². The summed E-state index contributed by atoms with van der Waals surface area (Å²) in [6.45, 7) is 5.95. The van der Waals surface area contributed by atoms with E-state index in [1.165, 1.54) is 25.7 Å². The number of allylic oxidation sites excluding steroid dienone is 2. The molecule has 0 amide bonds. The van der Waals surface area contributed by atoms with Gasteiger partial charge in [-0.15, -0.1) is 6.58 Å². The van der Waals surface area contributed by atoms with Crippen molar-refractivity contribution in [1.82, 2.24) is 5.32 Å². The van der Waals surface area contributed by atoms with Crippen LogP contribution in [0.1, 0.15) is 25.7 Å². The van der Waals surface area contributed by atoms with Crippen LogP contribution in [0.4, 0.5) is 0 Å². The molecule has 1 rings (SSSR count). The summed E-state index contributed by atoms with van der Waals surface area (Å²) in [5.41, 5.74) is 1.59. The fourth-order valence-corrected chi connectivity index (χ4v) is 1.15. The molecule has 0 radical (unpaired) electrons. The normalized spacial score (nSPS) is 15.8. The third kappa shape index (κ3) is 3.38. The van der Waals surface area contributed by atoms with Gasteiger partial charge in [0, 0.05) is 13.1 Å². The average Bonchev–Trinajstić information content (AvgIpc) is 1.93. The van der Waals surface area contributed by atoms with Crippen molar-refractivity contribution < 1.29 is 0 Å². The molecule has 0 unspecified atom stereocenters. The molecule has 1 nitrogen and oxygen atoms in total. The highest BCUT2D eigenvalue weighted by Gasteiger charge is 2.04. The molecule has 0 spiro atoms. The zero-order valence-electron chi connectivity index (χ0n) is 7.10. The minimum Gasteiger partial charge on any atom is -0.309 e. The molecule has 11 heavy (non-hydrogen) atoms. The van der Waals surface area contributed by atoms with Crippen molar-refractivity contribution in [2.45, 2.75) is 25.7 Å². The molecule has 1 aliphatic rings.